The van der Waals surface area contributed by atoms with E-state index < -0.39 is 0 Å². The van der Waals surface area contributed by atoms with E-state index in [1.807, 2.05) is 52.1 Å². The minimum absolute atomic E-state index is 0.123. The maximum atomic E-state index is 12.0. The fourth-order valence-corrected chi connectivity index (χ4v) is 5.60. The van der Waals surface area contributed by atoms with Crippen molar-refractivity contribution in [3.63, 3.8) is 0 Å². The Morgan fingerprint density at radius 2 is 2.29 bits per heavy atom. The molecule has 1 aliphatic rings. The number of hydrogen-bond donors (Lipinski definition) is 2. The van der Waals surface area contributed by atoms with E-state index in [0.717, 1.165) is 34.7 Å². The van der Waals surface area contributed by atoms with Crippen LogP contribution in [0.2, 0.25) is 0 Å². The van der Waals surface area contributed by atoms with Crippen LogP contribution >= 0.6 is 21.6 Å². The van der Waals surface area contributed by atoms with Gasteiger partial charge in [0.05, 0.1) is 0 Å². The van der Waals surface area contributed by atoms with E-state index in [-0.39, 0.29) is 5.91 Å². The number of nitrogens with one attached hydrogen (secondary N) is 2. The van der Waals surface area contributed by atoms with Crippen LogP contribution in [0.25, 0.3) is 10.9 Å². The van der Waals surface area contributed by atoms with E-state index in [2.05, 4.69) is 10.3 Å². The quantitative estimate of drug-likeness (QED) is 0.592. The van der Waals surface area contributed by atoms with E-state index in [1.54, 1.807) is 0 Å². The van der Waals surface area contributed by atoms with Gasteiger partial charge in [-0.15, -0.1) is 0 Å². The Kier molecular flexibility index (Phi) is 5.14. The first kappa shape index (κ1) is 14.9. The van der Waals surface area contributed by atoms with E-state index in [9.17, 15) is 4.79 Å². The lowest BCUT2D eigenvalue weighted by Gasteiger charge is -2.07. The first-order chi connectivity index (χ1) is 10.3. The molecule has 1 aliphatic heterocycles. The molecule has 3 nitrogen and oxygen atoms in total. The molecule has 0 radical (unpaired) electrons. The predicted octanol–water partition coefficient (Wildman–Crippen LogP) is 4.82. The van der Waals surface area contributed by atoms with Crippen LogP contribution in [-0.2, 0) is 4.79 Å². The molecule has 0 aliphatic carbocycles. The Morgan fingerprint density at radius 3 is 3.14 bits per heavy atom. The van der Waals surface area contributed by atoms with Crippen molar-refractivity contribution >= 4 is 44.1 Å². The number of carbonyl (C=O) groups is 1. The molecular weight excluding hydrogens is 300 g/mol. The summed E-state index contributed by atoms with van der Waals surface area (Å²) in [6.07, 6.45) is 7.26. The highest BCUT2D eigenvalue weighted by atomic mass is 33.1. The van der Waals surface area contributed by atoms with Crippen LogP contribution in [0.15, 0.2) is 30.5 Å². The molecule has 3 rings (SSSR count). The minimum Gasteiger partial charge on any atom is -0.361 e. The lowest BCUT2D eigenvalue weighted by Crippen LogP contribution is -2.11. The highest BCUT2D eigenvalue weighted by molar-refractivity contribution is 8.77. The standard InChI is InChI=1S/C16H20N2OS2/c19-16(4-2-1-3-14-8-10-20-21-14)18-13-5-6-15-12(11-13)7-9-17-15/h5-7,9,11,14,17H,1-4,8,10H2,(H,18,19)/t14-/m1/s1. The molecule has 1 aromatic heterocycles. The molecule has 5 heteroatoms. The van der Waals surface area contributed by atoms with Crippen LogP contribution in [-0.4, -0.2) is 21.9 Å². The molecular formula is C16H20N2OS2. The first-order valence-corrected chi connectivity index (χ1v) is 9.85. The van der Waals surface area contributed by atoms with Crippen molar-refractivity contribution in [2.75, 3.05) is 11.1 Å². The minimum atomic E-state index is 0.123. The van der Waals surface area contributed by atoms with Crippen molar-refractivity contribution in [2.24, 2.45) is 0 Å². The Morgan fingerprint density at radius 1 is 1.33 bits per heavy atom. The van der Waals surface area contributed by atoms with E-state index in [4.69, 9.17) is 0 Å². The van der Waals surface area contributed by atoms with Crippen molar-refractivity contribution < 1.29 is 4.79 Å². The van der Waals surface area contributed by atoms with Gasteiger partial charge in [0.15, 0.2) is 0 Å². The number of rotatable bonds is 6. The third-order valence-corrected chi connectivity index (χ3v) is 6.75. The number of amides is 1. The Balaban J connectivity index is 1.40. The summed E-state index contributed by atoms with van der Waals surface area (Å²) in [5.41, 5.74) is 1.98. The number of anilines is 1. The molecule has 1 saturated heterocycles. The number of hydrogen-bond acceptors (Lipinski definition) is 3. The van der Waals surface area contributed by atoms with Crippen LogP contribution in [0.1, 0.15) is 32.1 Å². The number of fused-ring (bicyclic) bond motifs is 1. The highest BCUT2D eigenvalue weighted by Crippen LogP contribution is 2.39. The zero-order valence-electron chi connectivity index (χ0n) is 11.9. The molecule has 0 bridgehead atoms. The largest absolute Gasteiger partial charge is 0.361 e. The number of carbonyl (C=O) groups excluding carboxylic acids is 1. The number of aromatic nitrogens is 1. The Labute approximate surface area is 133 Å². The van der Waals surface area contributed by atoms with Gasteiger partial charge in [-0.3, -0.25) is 4.79 Å². The summed E-state index contributed by atoms with van der Waals surface area (Å²) >= 11 is 0. The molecule has 1 amide bonds. The summed E-state index contributed by atoms with van der Waals surface area (Å²) in [6, 6.07) is 7.97. The van der Waals surface area contributed by atoms with Gasteiger partial charge in [-0.2, -0.15) is 0 Å². The van der Waals surface area contributed by atoms with E-state index in [1.165, 1.54) is 18.6 Å². The number of H-pyrrole nitrogens is 1. The molecule has 2 heterocycles. The van der Waals surface area contributed by atoms with Gasteiger partial charge in [0.2, 0.25) is 5.91 Å². The van der Waals surface area contributed by atoms with Gasteiger partial charge in [0.1, 0.15) is 0 Å². The number of aromatic amines is 1. The van der Waals surface area contributed by atoms with Crippen LogP contribution in [0.5, 0.6) is 0 Å². The average Bonchev–Trinajstić information content (AvgIpc) is 3.14. The van der Waals surface area contributed by atoms with Crippen LogP contribution in [0.3, 0.4) is 0 Å². The lowest BCUT2D eigenvalue weighted by molar-refractivity contribution is -0.116. The first-order valence-electron chi connectivity index (χ1n) is 7.46. The van der Waals surface area contributed by atoms with Crippen molar-refractivity contribution in [3.05, 3.63) is 30.5 Å². The topological polar surface area (TPSA) is 44.9 Å². The van der Waals surface area contributed by atoms with Crippen molar-refractivity contribution in [1.29, 1.82) is 0 Å². The number of unbranched alkanes of at least 4 members (excludes halogenated alkanes) is 1. The van der Waals surface area contributed by atoms with Gasteiger partial charge in [-0.05, 0) is 43.5 Å². The van der Waals surface area contributed by atoms with Gasteiger partial charge in [0.25, 0.3) is 0 Å². The normalized spacial score (nSPS) is 18.2. The summed E-state index contributed by atoms with van der Waals surface area (Å²) in [7, 11) is 4.00. The second-order valence-electron chi connectivity index (χ2n) is 5.40. The van der Waals surface area contributed by atoms with Gasteiger partial charge in [-0.1, -0.05) is 28.0 Å². The summed E-state index contributed by atoms with van der Waals surface area (Å²) in [4.78, 5) is 15.1. The van der Waals surface area contributed by atoms with E-state index >= 15 is 0 Å². The smallest absolute Gasteiger partial charge is 0.224 e. The number of benzene rings is 1. The molecule has 1 aromatic carbocycles. The summed E-state index contributed by atoms with van der Waals surface area (Å²) in [5, 5.41) is 4.93. The lowest BCUT2D eigenvalue weighted by atomic mass is 10.1. The predicted molar refractivity (Wildman–Crippen MR) is 93.9 cm³/mol. The van der Waals surface area contributed by atoms with Crippen molar-refractivity contribution in [2.45, 2.75) is 37.4 Å². The molecule has 2 N–H and O–H groups in total. The van der Waals surface area contributed by atoms with Crippen molar-refractivity contribution in [1.82, 2.24) is 4.98 Å². The Hall–Kier alpha value is -1.07. The molecule has 0 saturated carbocycles. The fraction of sp³-hybridized carbons (Fsp3) is 0.438. The molecule has 0 unspecified atom stereocenters. The van der Waals surface area contributed by atoms with Crippen molar-refractivity contribution in [3.8, 4) is 0 Å². The second kappa shape index (κ2) is 7.27. The highest BCUT2D eigenvalue weighted by Gasteiger charge is 2.15. The van der Waals surface area contributed by atoms with Gasteiger partial charge >= 0.3 is 0 Å². The average molecular weight is 320 g/mol. The summed E-state index contributed by atoms with van der Waals surface area (Å²) in [6.45, 7) is 0. The third kappa shape index (κ3) is 4.20. The third-order valence-electron chi connectivity index (χ3n) is 3.74. The van der Waals surface area contributed by atoms with Gasteiger partial charge < -0.3 is 10.3 Å². The molecule has 1 fully saturated rings. The summed E-state index contributed by atoms with van der Waals surface area (Å²) < 4.78 is 0. The Bertz CT molecular complexity index is 605. The van der Waals surface area contributed by atoms with E-state index in [0.29, 0.717) is 6.42 Å². The molecule has 2 aromatic rings. The van der Waals surface area contributed by atoms with Gasteiger partial charge in [-0.25, -0.2) is 0 Å². The van der Waals surface area contributed by atoms with Crippen LogP contribution < -0.4 is 5.32 Å². The SMILES string of the molecule is O=C(CCCC[C@@H]1CCSS1)Nc1ccc2[nH]ccc2c1. The molecule has 112 valence electrons. The van der Waals surface area contributed by atoms with Crippen LogP contribution in [0.4, 0.5) is 5.69 Å². The molecule has 1 atom stereocenters. The maximum Gasteiger partial charge on any atom is 0.224 e. The van der Waals surface area contributed by atoms with Gasteiger partial charge in [0, 0.05) is 40.2 Å². The second-order valence-corrected chi connectivity index (χ2v) is 8.19. The monoisotopic (exact) mass is 320 g/mol. The molecule has 0 spiro atoms. The zero-order chi connectivity index (χ0) is 14.5. The maximum absolute atomic E-state index is 12.0. The fourth-order valence-electron chi connectivity index (χ4n) is 2.58. The van der Waals surface area contributed by atoms with Crippen LogP contribution in [0, 0.1) is 0 Å². The zero-order valence-corrected chi connectivity index (χ0v) is 13.6. The molecule has 21 heavy (non-hydrogen) atoms. The summed E-state index contributed by atoms with van der Waals surface area (Å²) in [5.74, 6) is 1.41.